The lowest BCUT2D eigenvalue weighted by Crippen LogP contribution is -2.37. The Hall–Kier alpha value is -0.870. The second kappa shape index (κ2) is 7.23. The lowest BCUT2D eigenvalue weighted by Gasteiger charge is -2.23. The van der Waals surface area contributed by atoms with Gasteiger partial charge in [-0.2, -0.15) is 0 Å². The molecule has 2 amide bonds. The van der Waals surface area contributed by atoms with Gasteiger partial charge in [-0.05, 0) is 0 Å². The van der Waals surface area contributed by atoms with Crippen molar-refractivity contribution in [2.45, 2.75) is 25.4 Å². The quantitative estimate of drug-likeness (QED) is 0.278. The average Bonchev–Trinajstić information content (AvgIpc) is 2.63. The van der Waals surface area contributed by atoms with Crippen LogP contribution in [0.15, 0.2) is 0 Å². The van der Waals surface area contributed by atoms with Crippen LogP contribution in [-0.2, 0) is 28.2 Å². The number of aliphatic hydroxyl groups excluding tert-OH is 1. The summed E-state index contributed by atoms with van der Waals surface area (Å²) in [5, 5.41) is 9.33. The number of likely N-dealkylation sites (tertiary alicyclic amines) is 1. The Bertz CT molecular complexity index is 392. The zero-order valence-electron chi connectivity index (χ0n) is 10.7. The summed E-state index contributed by atoms with van der Waals surface area (Å²) in [5.74, 6) is -0.640. The predicted molar refractivity (Wildman–Crippen MR) is 61.8 cm³/mol. The molecular weight excluding hydrogens is 297 g/mol. The van der Waals surface area contributed by atoms with E-state index in [0.717, 1.165) is 12.0 Å². The van der Waals surface area contributed by atoms with Gasteiger partial charge in [-0.25, -0.2) is 4.57 Å². The fourth-order valence-corrected chi connectivity index (χ4v) is 1.97. The average molecular weight is 313 g/mol. The summed E-state index contributed by atoms with van der Waals surface area (Å²) in [6.07, 6.45) is -3.17. The molecule has 0 bridgehead atoms. The third kappa shape index (κ3) is 5.25. The van der Waals surface area contributed by atoms with Crippen LogP contribution in [0.5, 0.6) is 0 Å². The first-order valence-corrected chi connectivity index (χ1v) is 7.17. The molecule has 20 heavy (non-hydrogen) atoms. The van der Waals surface area contributed by atoms with E-state index in [1.54, 1.807) is 0 Å². The SMILES string of the molecule is COC(OCCN1C(=O)CCC1=O)[C@H](O)OP(=O)(O)O. The molecule has 0 aromatic carbocycles. The summed E-state index contributed by atoms with van der Waals surface area (Å²) < 4.78 is 24.1. The van der Waals surface area contributed by atoms with E-state index < -0.39 is 20.4 Å². The Morgan fingerprint density at radius 3 is 2.30 bits per heavy atom. The van der Waals surface area contributed by atoms with Gasteiger partial charge in [0.05, 0.1) is 13.2 Å². The third-order valence-electron chi connectivity index (χ3n) is 2.46. The first-order chi connectivity index (χ1) is 9.24. The van der Waals surface area contributed by atoms with Crippen molar-refractivity contribution in [1.29, 1.82) is 0 Å². The molecule has 0 spiro atoms. The van der Waals surface area contributed by atoms with Crippen molar-refractivity contribution in [1.82, 2.24) is 4.90 Å². The molecule has 11 heteroatoms. The van der Waals surface area contributed by atoms with Gasteiger partial charge in [0.1, 0.15) is 0 Å². The van der Waals surface area contributed by atoms with Gasteiger partial charge in [-0.15, -0.1) is 0 Å². The molecule has 1 aliphatic heterocycles. The molecule has 0 radical (unpaired) electrons. The number of carbonyl (C=O) groups excluding carboxylic acids is 2. The number of rotatable bonds is 8. The molecule has 1 rings (SSSR count). The maximum Gasteiger partial charge on any atom is 0.472 e. The highest BCUT2D eigenvalue weighted by Crippen LogP contribution is 2.37. The Morgan fingerprint density at radius 1 is 1.30 bits per heavy atom. The van der Waals surface area contributed by atoms with Crippen LogP contribution in [0, 0.1) is 0 Å². The minimum Gasteiger partial charge on any atom is -0.364 e. The van der Waals surface area contributed by atoms with Crippen molar-refractivity contribution in [2.75, 3.05) is 20.3 Å². The zero-order chi connectivity index (χ0) is 15.3. The maximum absolute atomic E-state index is 11.3. The van der Waals surface area contributed by atoms with Crippen molar-refractivity contribution in [3.05, 3.63) is 0 Å². The summed E-state index contributed by atoms with van der Waals surface area (Å²) in [6.45, 7) is -0.211. The first-order valence-electron chi connectivity index (χ1n) is 5.64. The standard InChI is InChI=1S/C9H16NO9P/c1-17-9(8(13)19-20(14,15)16)18-5-4-10-6(11)2-3-7(10)12/h8-9,13H,2-5H2,1H3,(H2,14,15,16)/t8-,9?/m1/s1. The number of hydrogen-bond acceptors (Lipinski definition) is 7. The van der Waals surface area contributed by atoms with Crippen LogP contribution in [0.4, 0.5) is 0 Å². The second-order valence-corrected chi connectivity index (χ2v) is 5.09. The Labute approximate surface area is 114 Å². The van der Waals surface area contributed by atoms with Gasteiger partial charge < -0.3 is 24.4 Å². The van der Waals surface area contributed by atoms with E-state index in [1.807, 2.05) is 0 Å². The molecule has 0 aromatic rings. The molecule has 1 aliphatic rings. The molecule has 1 fully saturated rings. The largest absolute Gasteiger partial charge is 0.472 e. The van der Waals surface area contributed by atoms with Gasteiger partial charge in [-0.1, -0.05) is 0 Å². The molecule has 0 aromatic heterocycles. The Kier molecular flexibility index (Phi) is 6.21. The number of nitrogens with zero attached hydrogens (tertiary/aromatic N) is 1. The summed E-state index contributed by atoms with van der Waals surface area (Å²) in [4.78, 5) is 40.6. The van der Waals surface area contributed by atoms with Gasteiger partial charge in [0.25, 0.3) is 0 Å². The Balaban J connectivity index is 2.39. The van der Waals surface area contributed by atoms with Gasteiger partial charge in [0.2, 0.25) is 24.4 Å². The minimum atomic E-state index is -4.89. The minimum absolute atomic E-state index is 0.0415. The van der Waals surface area contributed by atoms with Crippen LogP contribution < -0.4 is 0 Å². The van der Waals surface area contributed by atoms with Gasteiger partial charge >= 0.3 is 7.82 Å². The van der Waals surface area contributed by atoms with Crippen LogP contribution in [-0.4, -0.2) is 64.4 Å². The number of imide groups is 1. The van der Waals surface area contributed by atoms with E-state index in [0.29, 0.717) is 0 Å². The van der Waals surface area contributed by atoms with E-state index >= 15 is 0 Å². The summed E-state index contributed by atoms with van der Waals surface area (Å²) in [5.41, 5.74) is 0. The molecule has 3 N–H and O–H groups in total. The van der Waals surface area contributed by atoms with Crippen molar-refractivity contribution in [3.63, 3.8) is 0 Å². The number of amides is 2. The lowest BCUT2D eigenvalue weighted by molar-refractivity contribution is -0.238. The summed E-state index contributed by atoms with van der Waals surface area (Å²) >= 11 is 0. The normalized spacial score (nSPS) is 19.5. The monoisotopic (exact) mass is 313 g/mol. The summed E-state index contributed by atoms with van der Waals surface area (Å²) in [6, 6.07) is 0. The lowest BCUT2D eigenvalue weighted by atomic mass is 10.4. The number of hydrogen-bond donors (Lipinski definition) is 3. The molecule has 116 valence electrons. The van der Waals surface area contributed by atoms with E-state index in [4.69, 9.17) is 14.5 Å². The van der Waals surface area contributed by atoms with Crippen LogP contribution in [0.25, 0.3) is 0 Å². The van der Waals surface area contributed by atoms with Crippen molar-refractivity contribution >= 4 is 19.6 Å². The van der Waals surface area contributed by atoms with E-state index in [-0.39, 0.29) is 37.8 Å². The number of ether oxygens (including phenoxy) is 2. The molecule has 0 aliphatic carbocycles. The maximum atomic E-state index is 11.3. The Morgan fingerprint density at radius 2 is 1.85 bits per heavy atom. The number of methoxy groups -OCH3 is 1. The fraction of sp³-hybridized carbons (Fsp3) is 0.778. The molecule has 2 atom stereocenters. The highest BCUT2D eigenvalue weighted by Gasteiger charge is 2.31. The second-order valence-electron chi connectivity index (χ2n) is 3.90. The van der Waals surface area contributed by atoms with Crippen LogP contribution in [0.2, 0.25) is 0 Å². The van der Waals surface area contributed by atoms with Crippen LogP contribution in [0.1, 0.15) is 12.8 Å². The number of aliphatic hydroxyl groups is 1. The van der Waals surface area contributed by atoms with Crippen LogP contribution in [0.3, 0.4) is 0 Å². The highest BCUT2D eigenvalue weighted by atomic mass is 31.2. The number of phosphoric ester groups is 1. The van der Waals surface area contributed by atoms with Gasteiger partial charge in [0, 0.05) is 20.0 Å². The molecule has 1 unspecified atom stereocenters. The van der Waals surface area contributed by atoms with Crippen LogP contribution >= 0.6 is 7.82 Å². The molecule has 10 nitrogen and oxygen atoms in total. The van der Waals surface area contributed by atoms with Crippen molar-refractivity contribution in [2.24, 2.45) is 0 Å². The molecular formula is C9H16NO9P. The van der Waals surface area contributed by atoms with Crippen molar-refractivity contribution < 1.29 is 43.0 Å². The molecule has 1 heterocycles. The van der Waals surface area contributed by atoms with Crippen molar-refractivity contribution in [3.8, 4) is 0 Å². The zero-order valence-corrected chi connectivity index (χ0v) is 11.6. The van der Waals surface area contributed by atoms with E-state index in [1.165, 1.54) is 0 Å². The number of carbonyl (C=O) groups is 2. The smallest absolute Gasteiger partial charge is 0.364 e. The van der Waals surface area contributed by atoms with Gasteiger partial charge in [-0.3, -0.25) is 19.0 Å². The predicted octanol–water partition coefficient (Wildman–Crippen LogP) is -1.45. The topological polar surface area (TPSA) is 143 Å². The molecule has 0 saturated carbocycles. The van der Waals surface area contributed by atoms with E-state index in [9.17, 15) is 19.3 Å². The third-order valence-corrected chi connectivity index (χ3v) is 2.95. The number of phosphoric acid groups is 1. The fourth-order valence-electron chi connectivity index (χ4n) is 1.59. The summed E-state index contributed by atoms with van der Waals surface area (Å²) in [7, 11) is -3.76. The highest BCUT2D eigenvalue weighted by molar-refractivity contribution is 7.46. The van der Waals surface area contributed by atoms with Gasteiger partial charge in [0.15, 0.2) is 0 Å². The molecule has 1 saturated heterocycles. The first kappa shape index (κ1) is 17.2. The van der Waals surface area contributed by atoms with E-state index in [2.05, 4.69) is 9.26 Å².